The van der Waals surface area contributed by atoms with Crippen LogP contribution in [0.2, 0.25) is 0 Å². The number of anilines is 1. The third-order valence-corrected chi connectivity index (χ3v) is 6.64. The number of fused-ring (bicyclic) bond motifs is 1. The second-order valence-corrected chi connectivity index (χ2v) is 8.62. The van der Waals surface area contributed by atoms with Gasteiger partial charge in [0, 0.05) is 18.8 Å². The Hall–Kier alpha value is -2.80. The SMILES string of the molecule is Cc1cccc(OCc2nnc(SCC(=O)N3c4ccccc4C[C@H]3C)n2C)c1C. The van der Waals surface area contributed by atoms with Gasteiger partial charge in [-0.25, -0.2) is 0 Å². The Balaban J connectivity index is 1.39. The van der Waals surface area contributed by atoms with Crippen molar-refractivity contribution in [1.29, 1.82) is 0 Å². The molecule has 2 aromatic carbocycles. The maximum absolute atomic E-state index is 12.9. The van der Waals surface area contributed by atoms with E-state index in [-0.39, 0.29) is 11.9 Å². The van der Waals surface area contributed by atoms with Gasteiger partial charge in [0.1, 0.15) is 12.4 Å². The van der Waals surface area contributed by atoms with Gasteiger partial charge in [0.25, 0.3) is 0 Å². The van der Waals surface area contributed by atoms with Crippen molar-refractivity contribution in [3.05, 3.63) is 65.0 Å². The van der Waals surface area contributed by atoms with E-state index in [1.807, 2.05) is 53.8 Å². The quantitative estimate of drug-likeness (QED) is 0.560. The van der Waals surface area contributed by atoms with E-state index in [0.717, 1.165) is 29.2 Å². The minimum atomic E-state index is 0.0913. The van der Waals surface area contributed by atoms with E-state index in [1.54, 1.807) is 0 Å². The van der Waals surface area contributed by atoms with Gasteiger partial charge in [-0.05, 0) is 56.0 Å². The number of ether oxygens (including phenoxy) is 1. The molecular formula is C23H26N4O2S. The number of carbonyl (C=O) groups excluding carboxylic acids is 1. The van der Waals surface area contributed by atoms with Crippen LogP contribution >= 0.6 is 11.8 Å². The van der Waals surface area contributed by atoms with Gasteiger partial charge in [-0.2, -0.15) is 0 Å². The first-order valence-corrected chi connectivity index (χ1v) is 11.0. The molecule has 1 aliphatic heterocycles. The van der Waals surface area contributed by atoms with Gasteiger partial charge in [-0.15, -0.1) is 10.2 Å². The number of carbonyl (C=O) groups is 1. The summed E-state index contributed by atoms with van der Waals surface area (Å²) in [6.07, 6.45) is 0.899. The number of hydrogen-bond acceptors (Lipinski definition) is 5. The third kappa shape index (κ3) is 3.94. The number of rotatable bonds is 6. The summed E-state index contributed by atoms with van der Waals surface area (Å²) in [4.78, 5) is 14.8. The summed E-state index contributed by atoms with van der Waals surface area (Å²) in [6.45, 7) is 6.54. The first-order chi connectivity index (χ1) is 14.5. The smallest absolute Gasteiger partial charge is 0.237 e. The fourth-order valence-electron chi connectivity index (χ4n) is 3.76. The number of hydrogen-bond donors (Lipinski definition) is 0. The zero-order valence-electron chi connectivity index (χ0n) is 17.8. The zero-order valence-corrected chi connectivity index (χ0v) is 18.6. The second-order valence-electron chi connectivity index (χ2n) is 7.68. The van der Waals surface area contributed by atoms with Gasteiger partial charge in [-0.3, -0.25) is 4.79 Å². The lowest BCUT2D eigenvalue weighted by atomic mass is 10.1. The van der Waals surface area contributed by atoms with E-state index >= 15 is 0 Å². The predicted octanol–water partition coefficient (Wildman–Crippen LogP) is 4.08. The number of thioether (sulfide) groups is 1. The highest BCUT2D eigenvalue weighted by molar-refractivity contribution is 7.99. The highest BCUT2D eigenvalue weighted by Gasteiger charge is 2.30. The predicted molar refractivity (Wildman–Crippen MR) is 119 cm³/mol. The van der Waals surface area contributed by atoms with Gasteiger partial charge in [0.15, 0.2) is 11.0 Å². The Morgan fingerprint density at radius 3 is 2.80 bits per heavy atom. The number of benzene rings is 2. The molecule has 1 aliphatic rings. The van der Waals surface area contributed by atoms with Crippen LogP contribution in [0, 0.1) is 13.8 Å². The minimum absolute atomic E-state index is 0.0913. The first-order valence-electron chi connectivity index (χ1n) is 10.1. The molecule has 0 radical (unpaired) electrons. The summed E-state index contributed by atoms with van der Waals surface area (Å²) in [6, 6.07) is 14.3. The molecular weight excluding hydrogens is 396 g/mol. The summed E-state index contributed by atoms with van der Waals surface area (Å²) in [5, 5.41) is 9.22. The molecule has 0 bridgehead atoms. The molecule has 1 atom stereocenters. The molecule has 1 aromatic heterocycles. The fourth-order valence-corrected chi connectivity index (χ4v) is 4.55. The van der Waals surface area contributed by atoms with E-state index in [9.17, 15) is 4.79 Å². The Morgan fingerprint density at radius 2 is 1.97 bits per heavy atom. The van der Waals surface area contributed by atoms with Crippen LogP contribution < -0.4 is 9.64 Å². The van der Waals surface area contributed by atoms with Gasteiger partial charge in [-0.1, -0.05) is 42.1 Å². The number of aromatic nitrogens is 3. The number of amides is 1. The number of nitrogens with zero attached hydrogens (tertiary/aromatic N) is 4. The molecule has 7 heteroatoms. The van der Waals surface area contributed by atoms with E-state index in [4.69, 9.17) is 4.74 Å². The average Bonchev–Trinajstić information content (AvgIpc) is 3.26. The van der Waals surface area contributed by atoms with Crippen LogP contribution in [0.4, 0.5) is 5.69 Å². The molecule has 156 valence electrons. The summed E-state index contributed by atoms with van der Waals surface area (Å²) in [5.41, 5.74) is 4.57. The normalized spacial score (nSPS) is 15.3. The van der Waals surface area contributed by atoms with Crippen LogP contribution in [0.25, 0.3) is 0 Å². The van der Waals surface area contributed by atoms with E-state index < -0.39 is 0 Å². The maximum atomic E-state index is 12.9. The van der Waals surface area contributed by atoms with Crippen LogP contribution in [0.15, 0.2) is 47.6 Å². The molecule has 2 heterocycles. The molecule has 0 unspecified atom stereocenters. The fraction of sp³-hybridized carbons (Fsp3) is 0.348. The molecule has 6 nitrogen and oxygen atoms in total. The lowest BCUT2D eigenvalue weighted by molar-refractivity contribution is -0.116. The van der Waals surface area contributed by atoms with Crippen molar-refractivity contribution < 1.29 is 9.53 Å². The molecule has 0 saturated heterocycles. The van der Waals surface area contributed by atoms with Gasteiger partial charge >= 0.3 is 0 Å². The van der Waals surface area contributed by atoms with E-state index in [0.29, 0.717) is 17.5 Å². The van der Waals surface area contributed by atoms with Crippen molar-refractivity contribution in [2.24, 2.45) is 7.05 Å². The molecule has 30 heavy (non-hydrogen) atoms. The van der Waals surface area contributed by atoms with Crippen LogP contribution in [0.1, 0.15) is 29.4 Å². The molecule has 0 aliphatic carbocycles. The van der Waals surface area contributed by atoms with Crippen molar-refractivity contribution in [2.45, 2.75) is 45.0 Å². The molecule has 0 fully saturated rings. The number of aryl methyl sites for hydroxylation is 1. The highest BCUT2D eigenvalue weighted by Crippen LogP contribution is 2.32. The van der Waals surface area contributed by atoms with Crippen molar-refractivity contribution in [3.63, 3.8) is 0 Å². The average molecular weight is 423 g/mol. The van der Waals surface area contributed by atoms with Gasteiger partial charge in [0.2, 0.25) is 5.91 Å². The van der Waals surface area contributed by atoms with Crippen LogP contribution in [0.3, 0.4) is 0 Å². The Kier molecular flexibility index (Phi) is 5.81. The van der Waals surface area contributed by atoms with Crippen molar-refractivity contribution in [1.82, 2.24) is 14.8 Å². The van der Waals surface area contributed by atoms with Crippen LogP contribution in [0.5, 0.6) is 5.75 Å². The zero-order chi connectivity index (χ0) is 21.3. The maximum Gasteiger partial charge on any atom is 0.237 e. The topological polar surface area (TPSA) is 60.3 Å². The summed E-state index contributed by atoms with van der Waals surface area (Å²) in [5.74, 6) is 1.99. The minimum Gasteiger partial charge on any atom is -0.485 e. The molecule has 0 N–H and O–H groups in total. The lowest BCUT2D eigenvalue weighted by Gasteiger charge is -2.22. The summed E-state index contributed by atoms with van der Waals surface area (Å²) < 4.78 is 7.84. The molecule has 4 rings (SSSR count). The molecule has 0 saturated carbocycles. The number of para-hydroxylation sites is 1. The Morgan fingerprint density at radius 1 is 1.17 bits per heavy atom. The third-order valence-electron chi connectivity index (χ3n) is 5.64. The van der Waals surface area contributed by atoms with E-state index in [1.165, 1.54) is 22.9 Å². The molecule has 0 spiro atoms. The largest absolute Gasteiger partial charge is 0.485 e. The Bertz CT molecular complexity index is 1080. The first kappa shape index (κ1) is 20.5. The summed E-state index contributed by atoms with van der Waals surface area (Å²) in [7, 11) is 1.91. The van der Waals surface area contributed by atoms with Gasteiger partial charge < -0.3 is 14.2 Å². The molecule has 3 aromatic rings. The van der Waals surface area contributed by atoms with Crippen LogP contribution in [-0.4, -0.2) is 32.5 Å². The summed E-state index contributed by atoms with van der Waals surface area (Å²) >= 11 is 1.41. The second kappa shape index (κ2) is 8.52. The van der Waals surface area contributed by atoms with Crippen molar-refractivity contribution in [2.75, 3.05) is 10.7 Å². The highest BCUT2D eigenvalue weighted by atomic mass is 32.2. The van der Waals surface area contributed by atoms with Gasteiger partial charge in [0.05, 0.1) is 5.75 Å². The van der Waals surface area contributed by atoms with Crippen molar-refractivity contribution >= 4 is 23.4 Å². The molecule has 1 amide bonds. The Labute approximate surface area is 181 Å². The monoisotopic (exact) mass is 422 g/mol. The lowest BCUT2D eigenvalue weighted by Crippen LogP contribution is -2.37. The standard InChI is InChI=1S/C23H26N4O2S/c1-15-8-7-11-20(17(15)3)29-13-21-24-25-23(26(21)4)30-14-22(28)27-16(2)12-18-9-5-6-10-19(18)27/h5-11,16H,12-14H2,1-4H3/t16-/m1/s1. The van der Waals surface area contributed by atoms with E-state index in [2.05, 4.69) is 36.2 Å². The van der Waals surface area contributed by atoms with Crippen molar-refractivity contribution in [3.8, 4) is 5.75 Å². The van der Waals surface area contributed by atoms with Crippen LogP contribution in [-0.2, 0) is 24.9 Å².